The molecule has 3 heterocycles. The van der Waals surface area contributed by atoms with Crippen molar-refractivity contribution in [3.63, 3.8) is 0 Å². The zero-order chi connectivity index (χ0) is 17.4. The molecule has 0 aliphatic rings. The third-order valence-corrected chi connectivity index (χ3v) is 5.64. The minimum absolute atomic E-state index is 0.340. The summed E-state index contributed by atoms with van der Waals surface area (Å²) in [5.74, 6) is -0.340. The first-order valence-corrected chi connectivity index (χ1v) is 9.18. The number of carbonyl (C=O) groups excluding carboxylic acids is 1. The number of carbonyl (C=O) groups is 1. The van der Waals surface area contributed by atoms with Crippen molar-refractivity contribution in [2.24, 2.45) is 0 Å². The average molecular weight is 388 g/mol. The van der Waals surface area contributed by atoms with Gasteiger partial charge in [-0.1, -0.05) is 53.3 Å². The van der Waals surface area contributed by atoms with E-state index in [1.807, 2.05) is 30.3 Å². The average Bonchev–Trinajstić information content (AvgIpc) is 3.20. The Morgan fingerprint density at radius 2 is 1.88 bits per heavy atom. The quantitative estimate of drug-likeness (QED) is 0.511. The fraction of sp³-hybridized carbons (Fsp3) is 0. The van der Waals surface area contributed by atoms with E-state index in [0.717, 1.165) is 10.6 Å². The van der Waals surface area contributed by atoms with E-state index in [2.05, 4.69) is 20.5 Å². The molecule has 4 rings (SSSR count). The molecule has 1 amide bonds. The van der Waals surface area contributed by atoms with E-state index in [1.165, 1.54) is 22.7 Å². The number of nitrogen functional groups attached to an aromatic ring is 1. The molecule has 3 N–H and O–H groups in total. The molecule has 6 nitrogen and oxygen atoms in total. The lowest BCUT2D eigenvalue weighted by atomic mass is 10.2. The van der Waals surface area contributed by atoms with Gasteiger partial charge in [-0.2, -0.15) is 0 Å². The van der Waals surface area contributed by atoms with Gasteiger partial charge >= 0.3 is 0 Å². The Morgan fingerprint density at radius 1 is 1.08 bits per heavy atom. The lowest BCUT2D eigenvalue weighted by Crippen LogP contribution is -2.11. The van der Waals surface area contributed by atoms with Gasteiger partial charge in [0.2, 0.25) is 5.13 Å². The number of amides is 1. The number of hydrogen-bond acceptors (Lipinski definition) is 7. The number of pyridine rings is 1. The highest BCUT2D eigenvalue weighted by molar-refractivity contribution is 7.21. The maximum Gasteiger partial charge on any atom is 0.269 e. The zero-order valence-corrected chi connectivity index (χ0v) is 15.0. The highest BCUT2D eigenvalue weighted by atomic mass is 35.5. The highest BCUT2D eigenvalue weighted by Crippen LogP contribution is 2.34. The van der Waals surface area contributed by atoms with Crippen molar-refractivity contribution in [3.05, 3.63) is 52.5 Å². The van der Waals surface area contributed by atoms with Crippen LogP contribution in [0.15, 0.2) is 42.5 Å². The van der Waals surface area contributed by atoms with Crippen LogP contribution in [0.4, 0.5) is 10.8 Å². The van der Waals surface area contributed by atoms with Crippen LogP contribution in [0.25, 0.3) is 20.8 Å². The van der Waals surface area contributed by atoms with Crippen LogP contribution in [-0.2, 0) is 0 Å². The van der Waals surface area contributed by atoms with Crippen LogP contribution in [0.5, 0.6) is 0 Å². The van der Waals surface area contributed by atoms with E-state index in [0.29, 0.717) is 31.1 Å². The fourth-order valence-electron chi connectivity index (χ4n) is 2.27. The molecule has 0 atom stereocenters. The molecule has 4 aromatic rings. The number of fused-ring (bicyclic) bond motifs is 1. The summed E-state index contributed by atoms with van der Waals surface area (Å²) >= 11 is 8.38. The molecule has 1 aromatic carbocycles. The van der Waals surface area contributed by atoms with Crippen LogP contribution in [0, 0.1) is 0 Å². The van der Waals surface area contributed by atoms with Gasteiger partial charge in [0.15, 0.2) is 0 Å². The molecular formula is C16H10ClN5OS2. The van der Waals surface area contributed by atoms with Gasteiger partial charge < -0.3 is 5.73 Å². The molecule has 0 aliphatic heterocycles. The van der Waals surface area contributed by atoms with Crippen LogP contribution in [0.3, 0.4) is 0 Å². The molecule has 0 fully saturated rings. The first-order chi connectivity index (χ1) is 12.1. The second kappa shape index (κ2) is 6.40. The second-order valence-electron chi connectivity index (χ2n) is 5.06. The van der Waals surface area contributed by atoms with Gasteiger partial charge in [0.05, 0.1) is 5.69 Å². The molecule has 0 spiro atoms. The molecule has 0 radical (unpaired) electrons. The number of hydrogen-bond donors (Lipinski definition) is 2. The molecule has 9 heteroatoms. The van der Waals surface area contributed by atoms with Gasteiger partial charge in [0.25, 0.3) is 5.91 Å². The summed E-state index contributed by atoms with van der Waals surface area (Å²) in [5.41, 5.74) is 7.40. The molecule has 3 aromatic heterocycles. The minimum Gasteiger partial charge on any atom is -0.397 e. The van der Waals surface area contributed by atoms with E-state index >= 15 is 0 Å². The van der Waals surface area contributed by atoms with Gasteiger partial charge in [-0.3, -0.25) is 10.1 Å². The summed E-state index contributed by atoms with van der Waals surface area (Å²) in [6.45, 7) is 0. The van der Waals surface area contributed by atoms with Crippen LogP contribution in [0.2, 0.25) is 5.15 Å². The smallest absolute Gasteiger partial charge is 0.269 e. The lowest BCUT2D eigenvalue weighted by Gasteiger charge is -1.99. The number of anilines is 2. The summed E-state index contributed by atoms with van der Waals surface area (Å²) < 4.78 is 0. The highest BCUT2D eigenvalue weighted by Gasteiger charge is 2.19. The fourth-order valence-corrected chi connectivity index (χ4v) is 4.20. The molecule has 0 aliphatic carbocycles. The summed E-state index contributed by atoms with van der Waals surface area (Å²) in [5, 5.41) is 13.1. The SMILES string of the molecule is Nc1c(C(=O)Nc2nnc(-c3ccccc3)s2)sc2nc(Cl)ccc12. The maximum absolute atomic E-state index is 12.5. The van der Waals surface area contributed by atoms with E-state index in [1.54, 1.807) is 12.1 Å². The third-order valence-electron chi connectivity index (χ3n) is 3.43. The van der Waals surface area contributed by atoms with Gasteiger partial charge in [-0.25, -0.2) is 4.98 Å². The van der Waals surface area contributed by atoms with Crippen molar-refractivity contribution in [2.45, 2.75) is 0 Å². The number of aromatic nitrogens is 3. The number of nitrogens with zero attached hydrogens (tertiary/aromatic N) is 3. The van der Waals surface area contributed by atoms with Crippen LogP contribution >= 0.6 is 34.3 Å². The summed E-state index contributed by atoms with van der Waals surface area (Å²) in [6.07, 6.45) is 0. The monoisotopic (exact) mass is 387 g/mol. The largest absolute Gasteiger partial charge is 0.397 e. The summed E-state index contributed by atoms with van der Waals surface area (Å²) in [6, 6.07) is 13.0. The van der Waals surface area contributed by atoms with Gasteiger partial charge in [-0.05, 0) is 12.1 Å². The van der Waals surface area contributed by atoms with E-state index in [4.69, 9.17) is 17.3 Å². The first-order valence-electron chi connectivity index (χ1n) is 7.16. The molecule has 124 valence electrons. The Morgan fingerprint density at radius 3 is 2.68 bits per heavy atom. The topological polar surface area (TPSA) is 93.8 Å². The van der Waals surface area contributed by atoms with Crippen molar-refractivity contribution < 1.29 is 4.79 Å². The van der Waals surface area contributed by atoms with Gasteiger partial charge in [0, 0.05) is 10.9 Å². The summed E-state index contributed by atoms with van der Waals surface area (Å²) in [7, 11) is 0. The first kappa shape index (κ1) is 15.9. The number of benzene rings is 1. The van der Waals surface area contributed by atoms with E-state index < -0.39 is 0 Å². The normalized spacial score (nSPS) is 10.9. The van der Waals surface area contributed by atoms with Gasteiger partial charge in [-0.15, -0.1) is 21.5 Å². The van der Waals surface area contributed by atoms with Crippen LogP contribution < -0.4 is 11.1 Å². The predicted molar refractivity (Wildman–Crippen MR) is 102 cm³/mol. The van der Waals surface area contributed by atoms with Crippen molar-refractivity contribution >= 4 is 61.2 Å². The number of nitrogens with two attached hydrogens (primary N) is 1. The Balaban J connectivity index is 1.60. The molecular weight excluding hydrogens is 378 g/mol. The molecule has 0 saturated heterocycles. The van der Waals surface area contributed by atoms with Crippen molar-refractivity contribution in [1.29, 1.82) is 0 Å². The third kappa shape index (κ3) is 3.07. The van der Waals surface area contributed by atoms with Gasteiger partial charge in [0.1, 0.15) is 19.9 Å². The van der Waals surface area contributed by atoms with Crippen molar-refractivity contribution in [1.82, 2.24) is 15.2 Å². The number of thiophene rings is 1. The van der Waals surface area contributed by atoms with Crippen molar-refractivity contribution in [2.75, 3.05) is 11.1 Å². The molecule has 0 unspecified atom stereocenters. The van der Waals surface area contributed by atoms with Crippen LogP contribution in [0.1, 0.15) is 9.67 Å². The molecule has 0 saturated carbocycles. The Labute approximate surface area is 155 Å². The molecule has 25 heavy (non-hydrogen) atoms. The number of nitrogens with one attached hydrogen (secondary N) is 1. The second-order valence-corrected chi connectivity index (χ2v) is 7.43. The van der Waals surface area contributed by atoms with E-state index in [-0.39, 0.29) is 5.91 Å². The standard InChI is InChI=1S/C16H10ClN5OS2/c17-10-7-6-9-11(18)12(24-15(9)19-10)13(23)20-16-22-21-14(25-16)8-4-2-1-3-5-8/h1-7H,18H2,(H,20,22,23). The number of halogens is 1. The Kier molecular flexibility index (Phi) is 4.08. The predicted octanol–water partition coefficient (Wildman–Crippen LogP) is 4.30. The zero-order valence-electron chi connectivity index (χ0n) is 12.6. The number of rotatable bonds is 3. The van der Waals surface area contributed by atoms with Crippen molar-refractivity contribution in [3.8, 4) is 10.6 Å². The Bertz CT molecular complexity index is 1080. The van der Waals surface area contributed by atoms with Crippen LogP contribution in [-0.4, -0.2) is 21.1 Å². The lowest BCUT2D eigenvalue weighted by molar-refractivity contribution is 0.103. The Hall–Kier alpha value is -2.55. The maximum atomic E-state index is 12.5. The minimum atomic E-state index is -0.340. The summed E-state index contributed by atoms with van der Waals surface area (Å²) in [4.78, 5) is 17.7. The van der Waals surface area contributed by atoms with E-state index in [9.17, 15) is 4.79 Å². The molecule has 0 bridgehead atoms.